The third-order valence-corrected chi connectivity index (χ3v) is 2.74. The van der Waals surface area contributed by atoms with Crippen molar-refractivity contribution in [3.63, 3.8) is 0 Å². The van der Waals surface area contributed by atoms with Crippen LogP contribution in [0.4, 0.5) is 0 Å². The first-order valence-corrected chi connectivity index (χ1v) is 5.93. The zero-order chi connectivity index (χ0) is 11.9. The predicted octanol–water partition coefficient (Wildman–Crippen LogP) is 1.77. The molecule has 17 heavy (non-hydrogen) atoms. The number of nitrogens with one attached hydrogen (secondary N) is 1. The maximum Gasteiger partial charge on any atom is 0.0945 e. The van der Waals surface area contributed by atoms with Crippen molar-refractivity contribution < 1.29 is 0 Å². The van der Waals surface area contributed by atoms with E-state index in [9.17, 15) is 0 Å². The van der Waals surface area contributed by atoms with Gasteiger partial charge in [0.05, 0.1) is 12.0 Å². The first-order chi connectivity index (χ1) is 8.36. The van der Waals surface area contributed by atoms with Gasteiger partial charge < -0.3 is 9.88 Å². The minimum absolute atomic E-state index is 0.844. The van der Waals surface area contributed by atoms with Gasteiger partial charge in [-0.25, -0.2) is 4.98 Å². The zero-order valence-corrected chi connectivity index (χ0v) is 10.1. The van der Waals surface area contributed by atoms with Crippen LogP contribution in [0.1, 0.15) is 17.7 Å². The summed E-state index contributed by atoms with van der Waals surface area (Å²) in [6.07, 6.45) is 8.59. The average molecular weight is 230 g/mol. The molecule has 4 heteroatoms. The van der Waals surface area contributed by atoms with Crippen molar-refractivity contribution in [2.75, 3.05) is 6.54 Å². The maximum atomic E-state index is 4.35. The molecule has 90 valence electrons. The van der Waals surface area contributed by atoms with Gasteiger partial charge in [-0.1, -0.05) is 6.07 Å². The van der Waals surface area contributed by atoms with Crippen LogP contribution in [0.25, 0.3) is 0 Å². The van der Waals surface area contributed by atoms with Gasteiger partial charge in [-0.2, -0.15) is 0 Å². The molecule has 0 aliphatic carbocycles. The standard InChI is InChI=1S/C13H18N4/c1-12-4-2-6-16-13(12)10-14-5-3-8-17-9-7-15-11-17/h2,4,6-7,9,11,14H,3,5,8,10H2,1H3. The lowest BCUT2D eigenvalue weighted by Gasteiger charge is -2.06. The largest absolute Gasteiger partial charge is 0.337 e. The summed E-state index contributed by atoms with van der Waals surface area (Å²) in [7, 11) is 0. The summed E-state index contributed by atoms with van der Waals surface area (Å²) in [6.45, 7) is 4.94. The van der Waals surface area contributed by atoms with Gasteiger partial charge in [-0.05, 0) is 31.5 Å². The molecule has 0 atom stereocenters. The van der Waals surface area contributed by atoms with Gasteiger partial charge in [-0.3, -0.25) is 4.98 Å². The Balaban J connectivity index is 1.65. The van der Waals surface area contributed by atoms with Gasteiger partial charge in [0, 0.05) is 31.7 Å². The Kier molecular flexibility index (Phi) is 4.27. The Morgan fingerprint density at radius 2 is 2.29 bits per heavy atom. The van der Waals surface area contributed by atoms with Crippen LogP contribution in [-0.2, 0) is 13.1 Å². The molecule has 0 fully saturated rings. The van der Waals surface area contributed by atoms with Crippen LogP contribution in [0.3, 0.4) is 0 Å². The monoisotopic (exact) mass is 230 g/mol. The average Bonchev–Trinajstić information content (AvgIpc) is 2.84. The molecule has 0 saturated carbocycles. The Hall–Kier alpha value is -1.68. The highest BCUT2D eigenvalue weighted by Gasteiger charge is 1.97. The number of nitrogens with zero attached hydrogens (tertiary/aromatic N) is 3. The highest BCUT2D eigenvalue weighted by Crippen LogP contribution is 2.02. The lowest BCUT2D eigenvalue weighted by Crippen LogP contribution is -2.17. The van der Waals surface area contributed by atoms with Gasteiger partial charge in [-0.15, -0.1) is 0 Å². The van der Waals surface area contributed by atoms with Crippen LogP contribution in [-0.4, -0.2) is 21.1 Å². The molecule has 0 spiro atoms. The molecule has 0 aliphatic heterocycles. The van der Waals surface area contributed by atoms with Gasteiger partial charge in [0.2, 0.25) is 0 Å². The second-order valence-electron chi connectivity index (χ2n) is 4.10. The molecule has 0 amide bonds. The van der Waals surface area contributed by atoms with Crippen LogP contribution in [0.2, 0.25) is 0 Å². The highest BCUT2D eigenvalue weighted by molar-refractivity contribution is 5.17. The SMILES string of the molecule is Cc1cccnc1CNCCCn1ccnc1. The first kappa shape index (κ1) is 11.8. The van der Waals surface area contributed by atoms with E-state index in [2.05, 4.69) is 32.8 Å². The van der Waals surface area contributed by atoms with E-state index in [0.29, 0.717) is 0 Å². The summed E-state index contributed by atoms with van der Waals surface area (Å²) >= 11 is 0. The molecule has 0 radical (unpaired) electrons. The summed E-state index contributed by atoms with van der Waals surface area (Å²) in [5.41, 5.74) is 2.38. The smallest absolute Gasteiger partial charge is 0.0945 e. The highest BCUT2D eigenvalue weighted by atomic mass is 15.0. The van der Waals surface area contributed by atoms with Gasteiger partial charge >= 0.3 is 0 Å². The van der Waals surface area contributed by atoms with Crippen LogP contribution >= 0.6 is 0 Å². The molecular formula is C13H18N4. The molecule has 0 unspecified atom stereocenters. The Morgan fingerprint density at radius 1 is 1.35 bits per heavy atom. The first-order valence-electron chi connectivity index (χ1n) is 5.93. The van der Waals surface area contributed by atoms with E-state index in [-0.39, 0.29) is 0 Å². The van der Waals surface area contributed by atoms with Crippen molar-refractivity contribution in [3.05, 3.63) is 48.3 Å². The van der Waals surface area contributed by atoms with Crippen molar-refractivity contribution in [2.45, 2.75) is 26.4 Å². The fourth-order valence-electron chi connectivity index (χ4n) is 1.72. The summed E-state index contributed by atoms with van der Waals surface area (Å²) < 4.78 is 2.09. The van der Waals surface area contributed by atoms with Gasteiger partial charge in [0.25, 0.3) is 0 Å². The number of hydrogen-bond donors (Lipinski definition) is 1. The van der Waals surface area contributed by atoms with Crippen LogP contribution in [0, 0.1) is 6.92 Å². The minimum atomic E-state index is 0.844. The topological polar surface area (TPSA) is 42.7 Å². The van der Waals surface area contributed by atoms with Crippen molar-refractivity contribution in [2.24, 2.45) is 0 Å². The lowest BCUT2D eigenvalue weighted by atomic mass is 10.2. The molecule has 2 aromatic heterocycles. The number of imidazole rings is 1. The number of pyridine rings is 1. The zero-order valence-electron chi connectivity index (χ0n) is 10.1. The van der Waals surface area contributed by atoms with Crippen LogP contribution in [0.5, 0.6) is 0 Å². The van der Waals surface area contributed by atoms with Crippen molar-refractivity contribution >= 4 is 0 Å². The summed E-state index contributed by atoms with van der Waals surface area (Å²) in [4.78, 5) is 8.36. The van der Waals surface area contributed by atoms with E-state index in [1.807, 2.05) is 31.0 Å². The van der Waals surface area contributed by atoms with Crippen molar-refractivity contribution in [3.8, 4) is 0 Å². The van der Waals surface area contributed by atoms with Gasteiger partial charge in [0.15, 0.2) is 0 Å². The molecule has 1 N–H and O–H groups in total. The third kappa shape index (κ3) is 3.67. The Bertz CT molecular complexity index is 436. The minimum Gasteiger partial charge on any atom is -0.337 e. The number of aryl methyl sites for hydroxylation is 2. The quantitative estimate of drug-likeness (QED) is 0.769. The summed E-state index contributed by atoms with van der Waals surface area (Å²) in [5.74, 6) is 0. The molecule has 4 nitrogen and oxygen atoms in total. The molecule has 0 saturated heterocycles. The van der Waals surface area contributed by atoms with Crippen molar-refractivity contribution in [1.29, 1.82) is 0 Å². The molecule has 0 aliphatic rings. The number of rotatable bonds is 6. The van der Waals surface area contributed by atoms with Crippen LogP contribution < -0.4 is 5.32 Å². The van der Waals surface area contributed by atoms with Gasteiger partial charge in [0.1, 0.15) is 0 Å². The molecule has 2 heterocycles. The second kappa shape index (κ2) is 6.15. The van der Waals surface area contributed by atoms with Crippen molar-refractivity contribution in [1.82, 2.24) is 19.9 Å². The molecule has 2 aromatic rings. The fourth-order valence-corrected chi connectivity index (χ4v) is 1.72. The van der Waals surface area contributed by atoms with E-state index in [1.165, 1.54) is 5.56 Å². The molecule has 0 aromatic carbocycles. The predicted molar refractivity (Wildman–Crippen MR) is 67.5 cm³/mol. The van der Waals surface area contributed by atoms with E-state index in [0.717, 1.165) is 31.7 Å². The summed E-state index contributed by atoms with van der Waals surface area (Å²) in [6, 6.07) is 4.06. The van der Waals surface area contributed by atoms with E-state index < -0.39 is 0 Å². The number of hydrogen-bond acceptors (Lipinski definition) is 3. The van der Waals surface area contributed by atoms with E-state index in [1.54, 1.807) is 0 Å². The molecule has 2 rings (SSSR count). The van der Waals surface area contributed by atoms with E-state index in [4.69, 9.17) is 0 Å². The Labute approximate surface area is 102 Å². The maximum absolute atomic E-state index is 4.35. The summed E-state index contributed by atoms with van der Waals surface area (Å²) in [5, 5.41) is 3.41. The second-order valence-corrected chi connectivity index (χ2v) is 4.10. The fraction of sp³-hybridized carbons (Fsp3) is 0.385. The lowest BCUT2D eigenvalue weighted by molar-refractivity contribution is 0.576. The molecule has 0 bridgehead atoms. The number of aromatic nitrogens is 3. The normalized spacial score (nSPS) is 10.6. The third-order valence-electron chi connectivity index (χ3n) is 2.74. The van der Waals surface area contributed by atoms with Crippen LogP contribution in [0.15, 0.2) is 37.1 Å². The Morgan fingerprint density at radius 3 is 3.06 bits per heavy atom. The van der Waals surface area contributed by atoms with E-state index >= 15 is 0 Å². The molecular weight excluding hydrogens is 212 g/mol.